The topological polar surface area (TPSA) is 48.0 Å². The van der Waals surface area contributed by atoms with Crippen LogP contribution >= 0.6 is 15.9 Å². The van der Waals surface area contributed by atoms with Gasteiger partial charge in [0.25, 0.3) is 5.56 Å². The molecule has 2 rings (SSSR count). The lowest BCUT2D eigenvalue weighted by molar-refractivity contribution is 0.758. The summed E-state index contributed by atoms with van der Waals surface area (Å²) in [5, 5.41) is 0. The Balaban J connectivity index is 2.35. The highest BCUT2D eigenvalue weighted by molar-refractivity contribution is 9.10. The van der Waals surface area contributed by atoms with Crippen LogP contribution < -0.4 is 11.3 Å². The van der Waals surface area contributed by atoms with E-state index in [2.05, 4.69) is 15.9 Å². The van der Waals surface area contributed by atoms with Gasteiger partial charge in [-0.3, -0.25) is 4.79 Å². The molecule has 4 heteroatoms. The van der Waals surface area contributed by atoms with Crippen molar-refractivity contribution in [2.24, 2.45) is 0 Å². The van der Waals surface area contributed by atoms with Crippen LogP contribution in [0.15, 0.2) is 45.8 Å². The van der Waals surface area contributed by atoms with E-state index in [1.54, 1.807) is 16.8 Å². The summed E-state index contributed by atoms with van der Waals surface area (Å²) in [5.41, 5.74) is 8.49. The molecule has 88 valence electrons. The van der Waals surface area contributed by atoms with Gasteiger partial charge in [-0.05, 0) is 36.2 Å². The molecule has 0 radical (unpaired) electrons. The molecule has 17 heavy (non-hydrogen) atoms. The van der Waals surface area contributed by atoms with Gasteiger partial charge in [0.1, 0.15) is 0 Å². The maximum atomic E-state index is 11.7. The summed E-state index contributed by atoms with van der Waals surface area (Å²) in [4.78, 5) is 11.7. The molecule has 2 aromatic rings. The largest absolute Gasteiger partial charge is 0.398 e. The van der Waals surface area contributed by atoms with E-state index in [1.807, 2.05) is 31.2 Å². The van der Waals surface area contributed by atoms with Crippen LogP contribution in [0.3, 0.4) is 0 Å². The number of halogens is 1. The minimum Gasteiger partial charge on any atom is -0.398 e. The molecule has 0 bridgehead atoms. The van der Waals surface area contributed by atoms with Gasteiger partial charge in [0.05, 0.1) is 6.54 Å². The van der Waals surface area contributed by atoms with Crippen LogP contribution in [0.4, 0.5) is 5.69 Å². The molecule has 2 N–H and O–H groups in total. The van der Waals surface area contributed by atoms with Gasteiger partial charge >= 0.3 is 0 Å². The van der Waals surface area contributed by atoms with E-state index in [9.17, 15) is 4.79 Å². The van der Waals surface area contributed by atoms with E-state index in [1.165, 1.54) is 0 Å². The highest BCUT2D eigenvalue weighted by Crippen LogP contribution is 2.18. The number of benzene rings is 1. The van der Waals surface area contributed by atoms with Crippen molar-refractivity contribution in [1.82, 2.24) is 4.57 Å². The van der Waals surface area contributed by atoms with E-state index < -0.39 is 0 Å². The Labute approximate surface area is 108 Å². The number of pyridine rings is 1. The summed E-state index contributed by atoms with van der Waals surface area (Å²) < 4.78 is 2.59. The summed E-state index contributed by atoms with van der Waals surface area (Å²) in [7, 11) is 0. The molecule has 0 atom stereocenters. The molecule has 1 aromatic carbocycles. The van der Waals surface area contributed by atoms with Gasteiger partial charge in [-0.1, -0.05) is 22.0 Å². The van der Waals surface area contributed by atoms with E-state index in [4.69, 9.17) is 5.73 Å². The van der Waals surface area contributed by atoms with Crippen molar-refractivity contribution in [3.05, 3.63) is 62.5 Å². The molecule has 0 aliphatic carbocycles. The molecule has 0 spiro atoms. The van der Waals surface area contributed by atoms with Gasteiger partial charge in [-0.25, -0.2) is 0 Å². The maximum Gasteiger partial charge on any atom is 0.251 e. The monoisotopic (exact) mass is 292 g/mol. The average molecular weight is 293 g/mol. The van der Waals surface area contributed by atoms with Crippen LogP contribution in [-0.4, -0.2) is 4.57 Å². The first-order valence-corrected chi connectivity index (χ1v) is 6.06. The van der Waals surface area contributed by atoms with Gasteiger partial charge in [0.2, 0.25) is 0 Å². The molecule has 1 aromatic heterocycles. The predicted molar refractivity (Wildman–Crippen MR) is 73.1 cm³/mol. The van der Waals surface area contributed by atoms with Crippen molar-refractivity contribution in [3.63, 3.8) is 0 Å². The quantitative estimate of drug-likeness (QED) is 0.865. The van der Waals surface area contributed by atoms with Crippen LogP contribution in [0.1, 0.15) is 11.1 Å². The first-order chi connectivity index (χ1) is 8.06. The Kier molecular flexibility index (Phi) is 3.33. The fraction of sp³-hybridized carbons (Fsp3) is 0.154. The molecule has 0 saturated carbocycles. The number of aryl methyl sites for hydroxylation is 1. The minimum absolute atomic E-state index is 0.00711. The number of aromatic nitrogens is 1. The standard InChI is InChI=1S/C13H13BrN2O/c1-9-4-5-16(13(17)6-9)8-10-2-3-11(14)7-12(10)15/h2-7H,8,15H2,1H3. The fourth-order valence-corrected chi connectivity index (χ4v) is 2.01. The average Bonchev–Trinajstić information content (AvgIpc) is 2.25. The van der Waals surface area contributed by atoms with Crippen LogP contribution in [-0.2, 0) is 6.54 Å². The van der Waals surface area contributed by atoms with Crippen molar-refractivity contribution in [2.45, 2.75) is 13.5 Å². The second kappa shape index (κ2) is 4.75. The molecule has 0 unspecified atom stereocenters. The maximum absolute atomic E-state index is 11.7. The smallest absolute Gasteiger partial charge is 0.251 e. The van der Waals surface area contributed by atoms with E-state index >= 15 is 0 Å². The van der Waals surface area contributed by atoms with Crippen LogP contribution in [0.2, 0.25) is 0 Å². The normalized spacial score (nSPS) is 10.5. The molecule has 3 nitrogen and oxygen atoms in total. The summed E-state index contributed by atoms with van der Waals surface area (Å²) in [6.45, 7) is 2.40. The lowest BCUT2D eigenvalue weighted by Crippen LogP contribution is -2.19. The minimum atomic E-state index is -0.00711. The highest BCUT2D eigenvalue weighted by atomic mass is 79.9. The van der Waals surface area contributed by atoms with Gasteiger partial charge in [-0.2, -0.15) is 0 Å². The van der Waals surface area contributed by atoms with Crippen molar-refractivity contribution < 1.29 is 0 Å². The van der Waals surface area contributed by atoms with Crippen molar-refractivity contribution in [2.75, 3.05) is 5.73 Å². The van der Waals surface area contributed by atoms with E-state index in [0.29, 0.717) is 12.2 Å². The first kappa shape index (κ1) is 11.9. The molecular formula is C13H13BrN2O. The number of nitrogens with zero attached hydrogens (tertiary/aromatic N) is 1. The second-order valence-electron chi connectivity index (χ2n) is 4.01. The zero-order valence-corrected chi connectivity index (χ0v) is 11.1. The van der Waals surface area contributed by atoms with Crippen molar-refractivity contribution >= 4 is 21.6 Å². The Hall–Kier alpha value is -1.55. The van der Waals surface area contributed by atoms with Crippen LogP contribution in [0.25, 0.3) is 0 Å². The molecule has 1 heterocycles. The summed E-state index contributed by atoms with van der Waals surface area (Å²) >= 11 is 3.36. The van der Waals surface area contributed by atoms with Gasteiger partial charge in [0, 0.05) is 22.4 Å². The van der Waals surface area contributed by atoms with Gasteiger partial charge in [-0.15, -0.1) is 0 Å². The summed E-state index contributed by atoms with van der Waals surface area (Å²) in [5.74, 6) is 0. The molecule has 0 aliphatic heterocycles. The summed E-state index contributed by atoms with van der Waals surface area (Å²) in [6.07, 6.45) is 1.79. The van der Waals surface area contributed by atoms with E-state index in [-0.39, 0.29) is 5.56 Å². The fourth-order valence-electron chi connectivity index (χ4n) is 1.63. The summed E-state index contributed by atoms with van der Waals surface area (Å²) in [6, 6.07) is 9.22. The zero-order valence-electron chi connectivity index (χ0n) is 9.48. The first-order valence-electron chi connectivity index (χ1n) is 5.27. The predicted octanol–water partition coefficient (Wildman–Crippen LogP) is 2.55. The third-order valence-electron chi connectivity index (χ3n) is 2.60. The molecule has 0 saturated heterocycles. The molecule has 0 aliphatic rings. The lowest BCUT2D eigenvalue weighted by Gasteiger charge is -2.09. The molecule has 0 fully saturated rings. The van der Waals surface area contributed by atoms with Crippen molar-refractivity contribution in [1.29, 1.82) is 0 Å². The van der Waals surface area contributed by atoms with Crippen LogP contribution in [0, 0.1) is 6.92 Å². The SMILES string of the molecule is Cc1ccn(Cc2ccc(Br)cc2N)c(=O)c1. The van der Waals surface area contributed by atoms with E-state index in [0.717, 1.165) is 15.6 Å². The number of rotatable bonds is 2. The zero-order chi connectivity index (χ0) is 12.4. The Morgan fingerprint density at radius 1 is 1.29 bits per heavy atom. The van der Waals surface area contributed by atoms with Crippen molar-refractivity contribution in [3.8, 4) is 0 Å². The molecular weight excluding hydrogens is 280 g/mol. The Bertz CT molecular complexity index is 605. The Morgan fingerprint density at radius 3 is 2.71 bits per heavy atom. The number of hydrogen-bond donors (Lipinski definition) is 1. The van der Waals surface area contributed by atoms with Gasteiger partial charge in [0.15, 0.2) is 0 Å². The second-order valence-corrected chi connectivity index (χ2v) is 4.93. The number of nitrogen functional groups attached to an aromatic ring is 1. The highest BCUT2D eigenvalue weighted by Gasteiger charge is 2.02. The van der Waals surface area contributed by atoms with Gasteiger partial charge < -0.3 is 10.3 Å². The lowest BCUT2D eigenvalue weighted by atomic mass is 10.2. The number of anilines is 1. The number of hydrogen-bond acceptors (Lipinski definition) is 2. The number of nitrogens with two attached hydrogens (primary N) is 1. The van der Waals surface area contributed by atoms with Crippen LogP contribution in [0.5, 0.6) is 0 Å². The Morgan fingerprint density at radius 2 is 2.06 bits per heavy atom. The third-order valence-corrected chi connectivity index (χ3v) is 3.09. The molecule has 0 amide bonds. The third kappa shape index (κ3) is 2.77.